The van der Waals surface area contributed by atoms with E-state index in [1.54, 1.807) is 25.3 Å². The zero-order valence-electron chi connectivity index (χ0n) is 13.9. The highest BCUT2D eigenvalue weighted by molar-refractivity contribution is 6.53. The zero-order valence-corrected chi connectivity index (χ0v) is 15.4. The summed E-state index contributed by atoms with van der Waals surface area (Å²) >= 11 is 11.5. The van der Waals surface area contributed by atoms with Gasteiger partial charge in [0.05, 0.1) is 26.5 Å². The van der Waals surface area contributed by atoms with Crippen molar-refractivity contribution in [2.24, 2.45) is 0 Å². The summed E-state index contributed by atoms with van der Waals surface area (Å²) in [7, 11) is 1.60. The van der Waals surface area contributed by atoms with Crippen LogP contribution in [0.15, 0.2) is 57.7 Å². The lowest BCUT2D eigenvalue weighted by Crippen LogP contribution is -2.33. The third kappa shape index (κ3) is 4.39. The second kappa shape index (κ2) is 8.29. The Hall–Kier alpha value is -2.44. The number of amides is 1. The monoisotopic (exact) mass is 394 g/mol. The molecule has 0 radical (unpaired) electrons. The minimum Gasteiger partial charge on any atom is -0.497 e. The van der Waals surface area contributed by atoms with Gasteiger partial charge in [0.15, 0.2) is 10.6 Å². The summed E-state index contributed by atoms with van der Waals surface area (Å²) in [5.74, 6) is 1.52. The van der Waals surface area contributed by atoms with Crippen molar-refractivity contribution in [2.75, 3.05) is 7.11 Å². The van der Waals surface area contributed by atoms with E-state index in [1.807, 2.05) is 24.3 Å². The molecule has 0 aliphatic heterocycles. The molecule has 0 aliphatic carbocycles. The Kier molecular flexibility index (Phi) is 5.85. The van der Waals surface area contributed by atoms with Crippen molar-refractivity contribution >= 4 is 29.1 Å². The fourth-order valence-electron chi connectivity index (χ4n) is 2.41. The molecule has 3 rings (SSSR count). The Bertz CT molecular complexity index is 844. The van der Waals surface area contributed by atoms with Crippen LogP contribution in [0.25, 0.3) is 11.3 Å². The molecule has 1 amide bonds. The number of methoxy groups -OCH3 is 1. The van der Waals surface area contributed by atoms with E-state index < -0.39 is 10.7 Å². The number of furan rings is 1. The molecule has 6 nitrogen and oxygen atoms in total. The zero-order chi connectivity index (χ0) is 18.5. The highest BCUT2D eigenvalue weighted by Crippen LogP contribution is 2.24. The lowest BCUT2D eigenvalue weighted by molar-refractivity contribution is -0.130. The first kappa shape index (κ1) is 18.4. The molecule has 0 atom stereocenters. The van der Waals surface area contributed by atoms with Crippen LogP contribution < -0.4 is 4.74 Å². The van der Waals surface area contributed by atoms with Crippen LogP contribution in [-0.4, -0.2) is 27.9 Å². The number of alkyl halides is 2. The fourth-order valence-corrected chi connectivity index (χ4v) is 2.69. The molecular weight excluding hydrogens is 379 g/mol. The molecule has 0 N–H and O–H groups in total. The van der Waals surface area contributed by atoms with E-state index in [0.29, 0.717) is 17.2 Å². The summed E-state index contributed by atoms with van der Waals surface area (Å²) in [6, 6.07) is 12.7. The van der Waals surface area contributed by atoms with Crippen LogP contribution in [0.4, 0.5) is 0 Å². The van der Waals surface area contributed by atoms with Gasteiger partial charge in [0.2, 0.25) is 0 Å². The Morgan fingerprint density at radius 1 is 1.23 bits per heavy atom. The number of nitrogens with zero attached hydrogens (tertiary/aromatic N) is 2. The smallest absolute Gasteiger partial charge is 0.256 e. The van der Waals surface area contributed by atoms with Gasteiger partial charge in [-0.3, -0.25) is 4.79 Å². The van der Waals surface area contributed by atoms with E-state index in [4.69, 9.17) is 36.9 Å². The van der Waals surface area contributed by atoms with Crippen molar-refractivity contribution in [1.29, 1.82) is 0 Å². The largest absolute Gasteiger partial charge is 0.497 e. The summed E-state index contributed by atoms with van der Waals surface area (Å²) in [6.45, 7) is 0.418. The van der Waals surface area contributed by atoms with Crippen molar-refractivity contribution in [1.82, 2.24) is 10.1 Å². The molecule has 0 saturated carbocycles. The topological polar surface area (TPSA) is 68.7 Å². The maximum Gasteiger partial charge on any atom is 0.256 e. The summed E-state index contributed by atoms with van der Waals surface area (Å²) in [6.07, 6.45) is 1.54. The van der Waals surface area contributed by atoms with Gasteiger partial charge in [-0.2, -0.15) is 0 Å². The van der Waals surface area contributed by atoms with Crippen molar-refractivity contribution < 1.29 is 18.5 Å². The molecule has 2 aromatic heterocycles. The van der Waals surface area contributed by atoms with E-state index in [9.17, 15) is 4.79 Å². The van der Waals surface area contributed by atoms with Gasteiger partial charge >= 0.3 is 0 Å². The highest BCUT2D eigenvalue weighted by Gasteiger charge is 2.23. The van der Waals surface area contributed by atoms with Crippen LogP contribution in [0.2, 0.25) is 0 Å². The van der Waals surface area contributed by atoms with Crippen molar-refractivity contribution in [3.8, 4) is 17.1 Å². The maximum absolute atomic E-state index is 12.3. The summed E-state index contributed by atoms with van der Waals surface area (Å²) in [4.78, 5) is 12.6. The molecule has 0 spiro atoms. The average molecular weight is 395 g/mol. The van der Waals surface area contributed by atoms with Gasteiger partial charge in [-0.25, -0.2) is 0 Å². The molecule has 0 aliphatic rings. The third-order valence-electron chi connectivity index (χ3n) is 3.71. The third-order valence-corrected chi connectivity index (χ3v) is 4.08. The van der Waals surface area contributed by atoms with E-state index in [-0.39, 0.29) is 13.1 Å². The van der Waals surface area contributed by atoms with Gasteiger partial charge in [0.1, 0.15) is 17.2 Å². The normalized spacial score (nSPS) is 10.9. The number of rotatable bonds is 7. The first-order valence-electron chi connectivity index (χ1n) is 7.76. The number of hydrogen-bond acceptors (Lipinski definition) is 5. The van der Waals surface area contributed by atoms with Crippen molar-refractivity contribution in [2.45, 2.75) is 17.9 Å². The Balaban J connectivity index is 1.76. The van der Waals surface area contributed by atoms with Crippen LogP contribution in [0.5, 0.6) is 5.75 Å². The minimum atomic E-state index is -1.17. The molecule has 1 aromatic carbocycles. The average Bonchev–Trinajstić information content (AvgIpc) is 3.32. The standard InChI is InChI=1S/C18H16Cl2N2O4/c1-24-14-6-4-12(5-7-14)16-9-13(21-26-16)10-22(18(23)17(19)20)11-15-3-2-8-25-15/h2-9,17H,10-11H2,1H3. The van der Waals surface area contributed by atoms with Gasteiger partial charge in [-0.1, -0.05) is 28.4 Å². The maximum atomic E-state index is 12.3. The second-order valence-electron chi connectivity index (χ2n) is 5.49. The van der Waals surface area contributed by atoms with Gasteiger partial charge in [-0.15, -0.1) is 0 Å². The second-order valence-corrected chi connectivity index (χ2v) is 6.58. The lowest BCUT2D eigenvalue weighted by Gasteiger charge is -2.20. The van der Waals surface area contributed by atoms with Gasteiger partial charge in [0.25, 0.3) is 5.91 Å². The molecule has 0 unspecified atom stereocenters. The van der Waals surface area contributed by atoms with Crippen molar-refractivity contribution in [3.05, 3.63) is 60.2 Å². The first-order chi connectivity index (χ1) is 12.6. The van der Waals surface area contributed by atoms with Gasteiger partial charge < -0.3 is 18.6 Å². The number of hydrogen-bond donors (Lipinski definition) is 0. The SMILES string of the molecule is COc1ccc(-c2cc(CN(Cc3ccco3)C(=O)C(Cl)Cl)no2)cc1. The molecule has 3 aromatic rings. The van der Waals surface area contributed by atoms with Gasteiger partial charge in [0, 0.05) is 11.6 Å². The number of ether oxygens (including phenoxy) is 1. The number of carbonyl (C=O) groups is 1. The molecular formula is C18H16Cl2N2O4. The molecule has 0 saturated heterocycles. The fraction of sp³-hybridized carbons (Fsp3) is 0.222. The van der Waals surface area contributed by atoms with Crippen LogP contribution in [0.3, 0.4) is 0 Å². The number of benzene rings is 1. The summed E-state index contributed by atoms with van der Waals surface area (Å²) in [5, 5.41) is 4.03. The van der Waals surface area contributed by atoms with Crippen LogP contribution in [0.1, 0.15) is 11.5 Å². The number of carbonyl (C=O) groups excluding carboxylic acids is 1. The van der Waals surface area contributed by atoms with E-state index in [0.717, 1.165) is 11.3 Å². The minimum absolute atomic E-state index is 0.190. The quantitative estimate of drug-likeness (QED) is 0.559. The van der Waals surface area contributed by atoms with E-state index in [2.05, 4.69) is 5.16 Å². The summed E-state index contributed by atoms with van der Waals surface area (Å²) < 4.78 is 15.8. The number of halogens is 2. The molecule has 136 valence electrons. The van der Waals surface area contributed by atoms with Crippen molar-refractivity contribution in [3.63, 3.8) is 0 Å². The van der Waals surface area contributed by atoms with Crippen LogP contribution >= 0.6 is 23.2 Å². The van der Waals surface area contributed by atoms with E-state index in [1.165, 1.54) is 11.2 Å². The van der Waals surface area contributed by atoms with Crippen LogP contribution in [0, 0.1) is 0 Å². The Morgan fingerprint density at radius 2 is 2.00 bits per heavy atom. The molecule has 8 heteroatoms. The predicted octanol–water partition coefficient (Wildman–Crippen LogP) is 4.28. The first-order valence-corrected chi connectivity index (χ1v) is 8.63. The molecule has 2 heterocycles. The Morgan fingerprint density at radius 3 is 2.62 bits per heavy atom. The molecule has 0 fully saturated rings. The van der Waals surface area contributed by atoms with Gasteiger partial charge in [-0.05, 0) is 36.4 Å². The summed E-state index contributed by atoms with van der Waals surface area (Å²) in [5.41, 5.74) is 1.42. The predicted molar refractivity (Wildman–Crippen MR) is 96.9 cm³/mol. The highest BCUT2D eigenvalue weighted by atomic mass is 35.5. The molecule has 26 heavy (non-hydrogen) atoms. The van der Waals surface area contributed by atoms with Crippen LogP contribution in [-0.2, 0) is 17.9 Å². The lowest BCUT2D eigenvalue weighted by atomic mass is 10.1. The molecule has 0 bridgehead atoms. The number of aromatic nitrogens is 1. The van der Waals surface area contributed by atoms with E-state index >= 15 is 0 Å². The Labute approximate surface area is 160 Å².